The van der Waals surface area contributed by atoms with E-state index in [0.29, 0.717) is 25.7 Å². The van der Waals surface area contributed by atoms with Crippen LogP contribution in [0.15, 0.2) is 30.3 Å². The second-order valence-corrected chi connectivity index (χ2v) is 9.94. The maximum Gasteiger partial charge on any atom is 0.284 e. The summed E-state index contributed by atoms with van der Waals surface area (Å²) in [5.41, 5.74) is 2.33. The van der Waals surface area contributed by atoms with Crippen molar-refractivity contribution in [2.24, 2.45) is 0 Å². The topological polar surface area (TPSA) is 83.6 Å². The molecule has 3 heterocycles. The van der Waals surface area contributed by atoms with Crippen molar-refractivity contribution in [3.8, 4) is 5.75 Å². The molecule has 2 N–H and O–H groups in total. The number of nitrogens with zero attached hydrogens (tertiary/aromatic N) is 2. The molecule has 10 heteroatoms. The van der Waals surface area contributed by atoms with Gasteiger partial charge in [-0.25, -0.2) is 4.98 Å². The average Bonchev–Trinajstić information content (AvgIpc) is 3.38. The molecule has 0 radical (unpaired) electrons. The van der Waals surface area contributed by atoms with E-state index in [1.807, 2.05) is 6.07 Å². The van der Waals surface area contributed by atoms with Gasteiger partial charge in [-0.15, -0.1) is 22.7 Å². The van der Waals surface area contributed by atoms with E-state index in [1.165, 1.54) is 22.7 Å². The first kappa shape index (κ1) is 21.8. The number of nitrogens with one attached hydrogen (secondary N) is 2. The van der Waals surface area contributed by atoms with Crippen molar-refractivity contribution in [3.63, 3.8) is 0 Å². The van der Waals surface area contributed by atoms with Gasteiger partial charge in [0, 0.05) is 42.7 Å². The highest BCUT2D eigenvalue weighted by Gasteiger charge is 2.22. The highest BCUT2D eigenvalue weighted by atomic mass is 35.5. The van der Waals surface area contributed by atoms with Crippen molar-refractivity contribution in [2.45, 2.75) is 19.5 Å². The molecule has 0 fully saturated rings. The molecule has 2 amide bonds. The Balaban J connectivity index is 1.50. The maximum absolute atomic E-state index is 12.9. The molecule has 1 aliphatic rings. The Morgan fingerprint density at radius 1 is 1.23 bits per heavy atom. The Labute approximate surface area is 193 Å². The first-order chi connectivity index (χ1) is 14.9. The number of ether oxygens (including phenoxy) is 1. The third kappa shape index (κ3) is 5.07. The number of hydrogen-bond donors (Lipinski definition) is 2. The fourth-order valence-corrected chi connectivity index (χ4v) is 5.29. The predicted molar refractivity (Wildman–Crippen MR) is 124 cm³/mol. The first-order valence-corrected chi connectivity index (χ1v) is 11.6. The number of benzene rings is 1. The van der Waals surface area contributed by atoms with E-state index in [9.17, 15) is 9.59 Å². The summed E-state index contributed by atoms with van der Waals surface area (Å²) in [6.07, 6.45) is 0.846. The van der Waals surface area contributed by atoms with E-state index < -0.39 is 0 Å². The monoisotopic (exact) mass is 476 g/mol. The van der Waals surface area contributed by atoms with Gasteiger partial charge in [-0.2, -0.15) is 0 Å². The zero-order valence-corrected chi connectivity index (χ0v) is 19.4. The van der Waals surface area contributed by atoms with Gasteiger partial charge in [-0.05, 0) is 30.8 Å². The zero-order valence-electron chi connectivity index (χ0n) is 17.0. The number of anilines is 1. The maximum atomic E-state index is 12.9. The molecule has 1 aliphatic heterocycles. The highest BCUT2D eigenvalue weighted by Crippen LogP contribution is 2.27. The number of methoxy groups -OCH3 is 1. The second-order valence-electron chi connectivity index (χ2n) is 7.14. The fraction of sp³-hybridized carbons (Fsp3) is 0.286. The van der Waals surface area contributed by atoms with Crippen LogP contribution < -0.4 is 15.4 Å². The van der Waals surface area contributed by atoms with E-state index in [-0.39, 0.29) is 18.4 Å². The second kappa shape index (κ2) is 9.35. The molecule has 0 spiro atoms. The molecular formula is C21H21ClN4O3S2. The van der Waals surface area contributed by atoms with Gasteiger partial charge in [-0.1, -0.05) is 17.7 Å². The van der Waals surface area contributed by atoms with Crippen molar-refractivity contribution in [1.29, 1.82) is 0 Å². The van der Waals surface area contributed by atoms with Crippen LogP contribution in [0.25, 0.3) is 0 Å². The summed E-state index contributed by atoms with van der Waals surface area (Å²) in [7, 11) is 3.62. The number of fused-ring (bicyclic) bond motifs is 1. The molecule has 2 aromatic heterocycles. The molecule has 1 aromatic carbocycles. The van der Waals surface area contributed by atoms with Gasteiger partial charge in [0.1, 0.15) is 5.75 Å². The molecular weight excluding hydrogens is 456 g/mol. The third-order valence-electron chi connectivity index (χ3n) is 4.92. The number of thiazole rings is 1. The van der Waals surface area contributed by atoms with Crippen LogP contribution in [0, 0.1) is 0 Å². The molecule has 0 unspecified atom stereocenters. The van der Waals surface area contributed by atoms with Crippen LogP contribution in [0.1, 0.15) is 35.6 Å². The smallest absolute Gasteiger partial charge is 0.284 e. The van der Waals surface area contributed by atoms with Crippen molar-refractivity contribution in [1.82, 2.24) is 15.2 Å². The van der Waals surface area contributed by atoms with Crippen LogP contribution >= 0.6 is 34.3 Å². The lowest BCUT2D eigenvalue weighted by atomic mass is 10.1. The predicted octanol–water partition coefficient (Wildman–Crippen LogP) is 4.04. The Bertz CT molecular complexity index is 1130. The van der Waals surface area contributed by atoms with Gasteiger partial charge in [0.15, 0.2) is 5.01 Å². The van der Waals surface area contributed by atoms with Crippen LogP contribution in [-0.2, 0) is 19.5 Å². The Morgan fingerprint density at radius 3 is 2.81 bits per heavy atom. The van der Waals surface area contributed by atoms with Gasteiger partial charge in [0.25, 0.3) is 11.8 Å². The van der Waals surface area contributed by atoms with E-state index in [1.54, 1.807) is 31.4 Å². The molecule has 7 nitrogen and oxygen atoms in total. The van der Waals surface area contributed by atoms with Crippen LogP contribution in [0.2, 0.25) is 4.34 Å². The van der Waals surface area contributed by atoms with E-state index in [4.69, 9.17) is 16.3 Å². The van der Waals surface area contributed by atoms with Gasteiger partial charge < -0.3 is 20.3 Å². The van der Waals surface area contributed by atoms with Crippen LogP contribution in [0.4, 0.5) is 5.69 Å². The number of carbonyl (C=O) groups is 2. The standard InChI is InChI=1S/C21H21ClN4O3S2/c1-26-8-7-14-17(11-26)31-21(25-14)20(28)24-15-9-13(29-2)4-3-12(15)10-23-19(27)16-5-6-18(22)30-16/h3-6,9H,7-8,10-11H2,1-2H3,(H,23,27)(H,24,28). The quantitative estimate of drug-likeness (QED) is 0.561. The van der Waals surface area contributed by atoms with Crippen LogP contribution in [0.3, 0.4) is 0 Å². The van der Waals surface area contributed by atoms with E-state index in [2.05, 4.69) is 27.6 Å². The van der Waals surface area contributed by atoms with Gasteiger partial charge in [0.2, 0.25) is 0 Å². The molecule has 0 saturated heterocycles. The summed E-state index contributed by atoms with van der Waals surface area (Å²) in [6, 6.07) is 8.71. The number of carbonyl (C=O) groups excluding carboxylic acids is 2. The minimum Gasteiger partial charge on any atom is -0.497 e. The van der Waals surface area contributed by atoms with Gasteiger partial charge in [0.05, 0.1) is 22.0 Å². The fourth-order valence-electron chi connectivity index (χ4n) is 3.25. The molecule has 162 valence electrons. The molecule has 31 heavy (non-hydrogen) atoms. The van der Waals surface area contributed by atoms with Gasteiger partial charge in [-0.3, -0.25) is 9.59 Å². The Hall–Kier alpha value is -2.46. The number of halogens is 1. The Kier molecular flexibility index (Phi) is 6.57. The number of aromatic nitrogens is 1. The van der Waals surface area contributed by atoms with Crippen molar-refractivity contribution in [2.75, 3.05) is 26.0 Å². The summed E-state index contributed by atoms with van der Waals surface area (Å²) in [5, 5.41) is 6.24. The highest BCUT2D eigenvalue weighted by molar-refractivity contribution is 7.18. The molecule has 4 rings (SSSR count). The van der Waals surface area contributed by atoms with E-state index >= 15 is 0 Å². The zero-order chi connectivity index (χ0) is 22.0. The largest absolute Gasteiger partial charge is 0.497 e. The molecule has 0 saturated carbocycles. The third-order valence-corrected chi connectivity index (χ3v) is 7.23. The lowest BCUT2D eigenvalue weighted by Gasteiger charge is -2.20. The van der Waals surface area contributed by atoms with Crippen LogP contribution in [-0.4, -0.2) is 42.4 Å². The van der Waals surface area contributed by atoms with Crippen LogP contribution in [0.5, 0.6) is 5.75 Å². The minimum atomic E-state index is -0.270. The number of thiophene rings is 1. The summed E-state index contributed by atoms with van der Waals surface area (Å²) in [4.78, 5) is 33.7. The van der Waals surface area contributed by atoms with E-state index in [0.717, 1.165) is 35.6 Å². The molecule has 0 bridgehead atoms. The average molecular weight is 477 g/mol. The molecule has 0 atom stereocenters. The van der Waals surface area contributed by atoms with Crippen molar-refractivity contribution < 1.29 is 14.3 Å². The Morgan fingerprint density at radius 2 is 2.06 bits per heavy atom. The lowest BCUT2D eigenvalue weighted by Crippen LogP contribution is -2.25. The van der Waals surface area contributed by atoms with Crippen molar-refractivity contribution in [3.05, 3.63) is 60.7 Å². The minimum absolute atomic E-state index is 0.221. The van der Waals surface area contributed by atoms with Crippen molar-refractivity contribution >= 4 is 51.8 Å². The number of hydrogen-bond acceptors (Lipinski definition) is 7. The summed E-state index contributed by atoms with van der Waals surface area (Å²) in [5.74, 6) is 0.116. The summed E-state index contributed by atoms with van der Waals surface area (Å²) < 4.78 is 5.86. The first-order valence-electron chi connectivity index (χ1n) is 9.62. The molecule has 0 aliphatic carbocycles. The lowest BCUT2D eigenvalue weighted by molar-refractivity contribution is 0.0954. The molecule has 3 aromatic rings. The summed E-state index contributed by atoms with van der Waals surface area (Å²) >= 11 is 8.55. The number of likely N-dealkylation sites (N-methyl/N-ethyl adjacent to an activating group) is 1. The summed E-state index contributed by atoms with van der Waals surface area (Å²) in [6.45, 7) is 1.99. The number of rotatable bonds is 6. The SMILES string of the molecule is COc1ccc(CNC(=O)c2ccc(Cl)s2)c(NC(=O)c2nc3c(s2)CN(C)CC3)c1. The van der Waals surface area contributed by atoms with Gasteiger partial charge >= 0.3 is 0 Å². The normalized spacial score (nSPS) is 13.5. The number of amides is 2.